The minimum absolute atomic E-state index is 0.142. The molecule has 39 heavy (non-hydrogen) atoms. The molecule has 2 aliphatic heterocycles. The van der Waals surface area contributed by atoms with E-state index in [1.807, 2.05) is 25.1 Å². The summed E-state index contributed by atoms with van der Waals surface area (Å²) in [5, 5.41) is 2.84. The number of hydrogen-bond donors (Lipinski definition) is 1. The van der Waals surface area contributed by atoms with Gasteiger partial charge in [-0.2, -0.15) is 4.31 Å². The highest BCUT2D eigenvalue weighted by atomic mass is 32.2. The fourth-order valence-electron chi connectivity index (χ4n) is 4.99. The smallest absolute Gasteiger partial charge is 0.399 e. The van der Waals surface area contributed by atoms with Crippen molar-refractivity contribution >= 4 is 39.1 Å². The van der Waals surface area contributed by atoms with Crippen molar-refractivity contribution in [1.82, 2.24) is 24.5 Å². The largest absolute Gasteiger partial charge is 0.414 e. The number of carbonyl (C=O) groups excluding carboxylic acids is 3. The highest BCUT2D eigenvalue weighted by molar-refractivity contribution is 7.89. The second kappa shape index (κ2) is 11.2. The Morgan fingerprint density at radius 3 is 2.59 bits per heavy atom. The number of hydrogen-bond acceptors (Lipinski definition) is 9. The fraction of sp³-hybridized carbons (Fsp3) is 0.346. The van der Waals surface area contributed by atoms with Crippen LogP contribution >= 0.6 is 11.3 Å². The lowest BCUT2D eigenvalue weighted by molar-refractivity contribution is -0.138. The summed E-state index contributed by atoms with van der Waals surface area (Å²) in [4.78, 5) is 49.7. The Morgan fingerprint density at radius 2 is 1.90 bits per heavy atom. The molecule has 5 rings (SSSR count). The summed E-state index contributed by atoms with van der Waals surface area (Å²) in [5.41, 5.74) is 0.751. The van der Waals surface area contributed by atoms with Gasteiger partial charge in [-0.1, -0.05) is 36.8 Å². The number of ketones is 1. The SMILES string of the molecule is CCCC(NC(=O)Oc1ccc(-c2ccccn2)s1)C(=O)N1CCC2C1C(=O)CN2S(=O)(=O)c1ccccn1. The van der Waals surface area contributed by atoms with Crippen LogP contribution < -0.4 is 10.1 Å². The topological polar surface area (TPSA) is 139 Å². The third-order valence-corrected chi connectivity index (χ3v) is 9.50. The number of sulfonamides is 1. The van der Waals surface area contributed by atoms with Crippen molar-refractivity contribution in [2.24, 2.45) is 0 Å². The Bertz CT molecular complexity index is 1460. The van der Waals surface area contributed by atoms with Gasteiger partial charge in [-0.25, -0.2) is 18.2 Å². The standard InChI is InChI=1S/C26H27N5O6S2/c1-2-7-18(29-26(34)37-23-11-10-21(38-23)17-8-3-5-13-27-17)25(33)30-15-12-19-24(30)20(32)16-31(19)39(35,36)22-9-4-6-14-28-22/h3-6,8-11,13-14,18-19,24H,2,7,12,15-16H2,1H3,(H,29,34). The molecule has 13 heteroatoms. The zero-order valence-electron chi connectivity index (χ0n) is 21.1. The van der Waals surface area contributed by atoms with Gasteiger partial charge in [-0.3, -0.25) is 14.6 Å². The maximum absolute atomic E-state index is 13.5. The maximum Gasteiger partial charge on any atom is 0.414 e. The molecular formula is C26H27N5O6S2. The molecule has 0 aliphatic carbocycles. The first-order valence-electron chi connectivity index (χ1n) is 12.5. The van der Waals surface area contributed by atoms with Crippen LogP contribution in [0.2, 0.25) is 0 Å². The molecule has 204 valence electrons. The van der Waals surface area contributed by atoms with Gasteiger partial charge < -0.3 is 15.0 Å². The van der Waals surface area contributed by atoms with Crippen molar-refractivity contribution < 1.29 is 27.5 Å². The lowest BCUT2D eigenvalue weighted by Crippen LogP contribution is -2.53. The zero-order valence-corrected chi connectivity index (χ0v) is 22.7. The van der Waals surface area contributed by atoms with Crippen LogP contribution in [0.25, 0.3) is 10.6 Å². The van der Waals surface area contributed by atoms with Crippen LogP contribution in [0.1, 0.15) is 26.2 Å². The molecule has 0 aromatic carbocycles. The number of aromatic nitrogens is 2. The third-order valence-electron chi connectivity index (χ3n) is 6.73. The first-order chi connectivity index (χ1) is 18.8. The maximum atomic E-state index is 13.5. The number of ether oxygens (including phenoxy) is 1. The van der Waals surface area contributed by atoms with E-state index in [1.54, 1.807) is 30.5 Å². The molecule has 2 saturated heterocycles. The second-order valence-electron chi connectivity index (χ2n) is 9.23. The van der Waals surface area contributed by atoms with E-state index in [-0.39, 0.29) is 23.9 Å². The first-order valence-corrected chi connectivity index (χ1v) is 14.8. The van der Waals surface area contributed by atoms with E-state index >= 15 is 0 Å². The van der Waals surface area contributed by atoms with Crippen LogP contribution in [0.3, 0.4) is 0 Å². The number of nitrogens with zero attached hydrogens (tertiary/aromatic N) is 4. The molecule has 3 atom stereocenters. The number of nitrogens with one attached hydrogen (secondary N) is 1. The highest BCUT2D eigenvalue weighted by Crippen LogP contribution is 2.34. The van der Waals surface area contributed by atoms with Crippen LogP contribution in [-0.2, 0) is 19.6 Å². The van der Waals surface area contributed by atoms with Crippen molar-refractivity contribution in [2.45, 2.75) is 49.3 Å². The molecule has 0 spiro atoms. The van der Waals surface area contributed by atoms with Crippen LogP contribution in [0.4, 0.5) is 4.79 Å². The van der Waals surface area contributed by atoms with Crippen LogP contribution in [0.5, 0.6) is 5.06 Å². The lowest BCUT2D eigenvalue weighted by Gasteiger charge is -2.27. The van der Waals surface area contributed by atoms with Gasteiger partial charge in [0.05, 0.1) is 23.2 Å². The van der Waals surface area contributed by atoms with Gasteiger partial charge in [0.15, 0.2) is 15.9 Å². The van der Waals surface area contributed by atoms with Crippen LogP contribution in [0, 0.1) is 0 Å². The number of rotatable bonds is 8. The van der Waals surface area contributed by atoms with Crippen molar-refractivity contribution in [2.75, 3.05) is 13.1 Å². The minimum Gasteiger partial charge on any atom is -0.399 e. The molecule has 1 N–H and O–H groups in total. The summed E-state index contributed by atoms with van der Waals surface area (Å²) in [5.74, 6) is -0.795. The Labute approximate surface area is 229 Å². The van der Waals surface area contributed by atoms with Crippen molar-refractivity contribution in [3.05, 3.63) is 60.9 Å². The van der Waals surface area contributed by atoms with E-state index in [1.165, 1.54) is 28.5 Å². The monoisotopic (exact) mass is 569 g/mol. The van der Waals surface area contributed by atoms with E-state index in [4.69, 9.17) is 4.74 Å². The third kappa shape index (κ3) is 5.42. The summed E-state index contributed by atoms with van der Waals surface area (Å²) in [7, 11) is -4.01. The highest BCUT2D eigenvalue weighted by Gasteiger charge is 2.54. The van der Waals surface area contributed by atoms with Crippen LogP contribution in [0.15, 0.2) is 66.0 Å². The Hall–Kier alpha value is -3.68. The lowest BCUT2D eigenvalue weighted by atomic mass is 10.1. The molecular weight excluding hydrogens is 542 g/mol. The predicted molar refractivity (Wildman–Crippen MR) is 142 cm³/mol. The number of amides is 2. The minimum atomic E-state index is -4.01. The zero-order chi connectivity index (χ0) is 27.6. The van der Waals surface area contributed by atoms with Gasteiger partial charge in [0.2, 0.25) is 5.91 Å². The van der Waals surface area contributed by atoms with E-state index < -0.39 is 40.1 Å². The molecule has 2 amide bonds. The molecule has 11 nitrogen and oxygen atoms in total. The van der Waals surface area contributed by atoms with Crippen molar-refractivity contribution in [3.8, 4) is 15.6 Å². The number of pyridine rings is 2. The summed E-state index contributed by atoms with van der Waals surface area (Å²) >= 11 is 1.25. The van der Waals surface area contributed by atoms with Gasteiger partial charge >= 0.3 is 6.09 Å². The van der Waals surface area contributed by atoms with Crippen molar-refractivity contribution in [3.63, 3.8) is 0 Å². The number of Topliss-reactive ketones (excluding diaryl/α,β-unsaturated/α-hetero) is 1. The molecule has 0 radical (unpaired) electrons. The molecule has 0 saturated carbocycles. The number of carbonyl (C=O) groups is 3. The number of likely N-dealkylation sites (tertiary alicyclic amines) is 1. The van der Waals surface area contributed by atoms with Gasteiger partial charge in [-0.05, 0) is 49.2 Å². The average molecular weight is 570 g/mol. The van der Waals surface area contributed by atoms with E-state index in [9.17, 15) is 22.8 Å². The van der Waals surface area contributed by atoms with Gasteiger partial charge in [0.25, 0.3) is 10.0 Å². The fourth-order valence-corrected chi connectivity index (χ4v) is 7.38. The number of thiophene rings is 1. The molecule has 2 fully saturated rings. The molecule has 0 bridgehead atoms. The molecule has 3 aromatic rings. The number of fused-ring (bicyclic) bond motifs is 1. The summed E-state index contributed by atoms with van der Waals surface area (Å²) in [6.07, 6.45) is 3.49. The molecule has 2 aliphatic rings. The van der Waals surface area contributed by atoms with Crippen LogP contribution in [-0.4, -0.2) is 76.6 Å². The van der Waals surface area contributed by atoms with Crippen molar-refractivity contribution in [1.29, 1.82) is 0 Å². The van der Waals surface area contributed by atoms with Gasteiger partial charge in [0.1, 0.15) is 12.1 Å². The Morgan fingerprint density at radius 1 is 1.13 bits per heavy atom. The summed E-state index contributed by atoms with van der Waals surface area (Å²) in [6.45, 7) is 1.74. The normalized spacial score (nSPS) is 20.0. The first kappa shape index (κ1) is 26.9. The Balaban J connectivity index is 1.27. The Kier molecular flexibility index (Phi) is 7.73. The van der Waals surface area contributed by atoms with E-state index in [0.717, 1.165) is 14.9 Å². The van der Waals surface area contributed by atoms with E-state index in [2.05, 4.69) is 15.3 Å². The quantitative estimate of drug-likeness (QED) is 0.437. The van der Waals surface area contributed by atoms with E-state index in [0.29, 0.717) is 24.3 Å². The molecule has 5 heterocycles. The second-order valence-corrected chi connectivity index (χ2v) is 12.1. The average Bonchev–Trinajstić information content (AvgIpc) is 3.66. The van der Waals surface area contributed by atoms with Gasteiger partial charge in [-0.15, -0.1) is 0 Å². The van der Waals surface area contributed by atoms with Gasteiger partial charge in [0, 0.05) is 18.9 Å². The summed E-state index contributed by atoms with van der Waals surface area (Å²) < 4.78 is 32.9. The molecule has 3 unspecified atom stereocenters. The molecule has 3 aromatic heterocycles. The predicted octanol–water partition coefficient (Wildman–Crippen LogP) is 2.71. The summed E-state index contributed by atoms with van der Waals surface area (Å²) in [6, 6.07) is 11.0.